The lowest BCUT2D eigenvalue weighted by Crippen LogP contribution is -2.43. The molecule has 0 aromatic heterocycles. The zero-order valence-corrected chi connectivity index (χ0v) is 13.5. The van der Waals surface area contributed by atoms with E-state index in [2.05, 4.69) is 0 Å². The average molecular weight is 343 g/mol. The Bertz CT molecular complexity index is 803. The first kappa shape index (κ1) is 16.0. The third-order valence-electron chi connectivity index (χ3n) is 5.02. The van der Waals surface area contributed by atoms with Crippen molar-refractivity contribution in [3.05, 3.63) is 42.0 Å². The number of rotatable bonds is 4. The molecular weight excluding hydrogens is 326 g/mol. The number of hydrogen-bond donors (Lipinski definition) is 1. The summed E-state index contributed by atoms with van der Waals surface area (Å²) in [4.78, 5) is 38.8. The zero-order valence-electron chi connectivity index (χ0n) is 13.5. The number of esters is 1. The maximum absolute atomic E-state index is 12.9. The number of carbonyl (C=O) groups is 3. The van der Waals surface area contributed by atoms with Crippen molar-refractivity contribution in [2.75, 3.05) is 18.1 Å². The molecule has 3 aliphatic rings. The van der Waals surface area contributed by atoms with Gasteiger partial charge in [-0.2, -0.15) is 0 Å². The molecule has 0 unspecified atom stereocenters. The van der Waals surface area contributed by atoms with Gasteiger partial charge in [0.2, 0.25) is 11.8 Å². The largest absolute Gasteiger partial charge is 0.462 e. The van der Waals surface area contributed by atoms with Crippen molar-refractivity contribution >= 4 is 23.5 Å². The lowest BCUT2D eigenvalue weighted by Gasteiger charge is -2.26. The minimum Gasteiger partial charge on any atom is -0.462 e. The predicted molar refractivity (Wildman–Crippen MR) is 85.7 cm³/mol. The number of aliphatic hydroxyl groups excluding tert-OH is 1. The van der Waals surface area contributed by atoms with E-state index in [-0.39, 0.29) is 24.7 Å². The third kappa shape index (κ3) is 2.09. The topological polar surface area (TPSA) is 93.1 Å². The van der Waals surface area contributed by atoms with Crippen LogP contribution in [-0.2, 0) is 19.1 Å². The SMILES string of the molecule is CCOC(=O)c1cccc(N2C(=O)[C@H]3[C@@H](C2=O)[C@@]2(CO)C=C[C@H]3O2)c1. The summed E-state index contributed by atoms with van der Waals surface area (Å²) >= 11 is 0. The van der Waals surface area contributed by atoms with Gasteiger partial charge in [0.25, 0.3) is 0 Å². The van der Waals surface area contributed by atoms with Crippen LogP contribution < -0.4 is 4.90 Å². The molecule has 1 N–H and O–H groups in total. The summed E-state index contributed by atoms with van der Waals surface area (Å²) in [5.74, 6) is -2.69. The van der Waals surface area contributed by atoms with Crippen LogP contribution in [0.25, 0.3) is 0 Å². The summed E-state index contributed by atoms with van der Waals surface area (Å²) in [6, 6.07) is 6.23. The van der Waals surface area contributed by atoms with Gasteiger partial charge < -0.3 is 14.6 Å². The number of carbonyl (C=O) groups excluding carboxylic acids is 3. The average Bonchev–Trinajstić information content (AvgIpc) is 3.26. The van der Waals surface area contributed by atoms with Gasteiger partial charge >= 0.3 is 5.97 Å². The van der Waals surface area contributed by atoms with Crippen molar-refractivity contribution in [2.24, 2.45) is 11.8 Å². The highest BCUT2D eigenvalue weighted by Gasteiger charge is 2.67. The summed E-state index contributed by atoms with van der Waals surface area (Å²) in [6.07, 6.45) is 2.88. The standard InChI is InChI=1S/C18H17NO6/c1-2-24-17(23)10-4-3-5-11(8-10)19-15(21)13-12-6-7-18(9-20,25-12)14(13)16(19)22/h3-8,12-14,20H,2,9H2,1H3/t12-,13-,14+,18+/m1/s1. The summed E-state index contributed by atoms with van der Waals surface area (Å²) in [5.41, 5.74) is -0.538. The second kappa shape index (κ2) is 5.50. The van der Waals surface area contributed by atoms with Crippen molar-refractivity contribution in [1.29, 1.82) is 0 Å². The first-order valence-electron chi connectivity index (χ1n) is 8.15. The quantitative estimate of drug-likeness (QED) is 0.491. The Labute approximate surface area is 143 Å². The Morgan fingerprint density at radius 3 is 2.88 bits per heavy atom. The Kier molecular flexibility index (Phi) is 3.52. The molecule has 4 atom stereocenters. The highest BCUT2D eigenvalue weighted by atomic mass is 16.5. The van der Waals surface area contributed by atoms with Crippen LogP contribution in [0.2, 0.25) is 0 Å². The predicted octanol–water partition coefficient (Wildman–Crippen LogP) is 0.669. The molecule has 0 spiro atoms. The summed E-state index contributed by atoms with van der Waals surface area (Å²) in [6.45, 7) is 1.57. The minimum atomic E-state index is -1.13. The van der Waals surface area contributed by atoms with Crippen molar-refractivity contribution in [3.63, 3.8) is 0 Å². The highest BCUT2D eigenvalue weighted by molar-refractivity contribution is 6.23. The van der Waals surface area contributed by atoms with Gasteiger partial charge in [0.05, 0.1) is 42.4 Å². The molecular formula is C18H17NO6. The fourth-order valence-electron chi connectivity index (χ4n) is 3.92. The maximum Gasteiger partial charge on any atom is 0.338 e. The molecule has 3 heterocycles. The summed E-state index contributed by atoms with van der Waals surface area (Å²) < 4.78 is 10.7. The number of aliphatic hydroxyl groups is 1. The highest BCUT2D eigenvalue weighted by Crippen LogP contribution is 2.52. The third-order valence-corrected chi connectivity index (χ3v) is 5.02. The fourth-order valence-corrected chi connectivity index (χ4v) is 3.92. The van der Waals surface area contributed by atoms with Crippen molar-refractivity contribution in [3.8, 4) is 0 Å². The molecule has 0 radical (unpaired) electrons. The number of fused-ring (bicyclic) bond motifs is 5. The van der Waals surface area contributed by atoms with Crippen LogP contribution in [0.1, 0.15) is 17.3 Å². The number of benzene rings is 1. The Hall–Kier alpha value is -2.51. The molecule has 7 heteroatoms. The monoisotopic (exact) mass is 343 g/mol. The van der Waals surface area contributed by atoms with Crippen LogP contribution in [-0.4, -0.2) is 47.8 Å². The first-order valence-corrected chi connectivity index (χ1v) is 8.15. The summed E-state index contributed by atoms with van der Waals surface area (Å²) in [5, 5.41) is 9.71. The smallest absolute Gasteiger partial charge is 0.338 e. The van der Waals surface area contributed by atoms with Crippen molar-refractivity contribution < 1.29 is 29.0 Å². The molecule has 0 saturated carbocycles. The Balaban J connectivity index is 1.70. The minimum absolute atomic E-state index is 0.235. The lowest BCUT2D eigenvalue weighted by atomic mass is 9.77. The van der Waals surface area contributed by atoms with E-state index in [1.54, 1.807) is 37.3 Å². The van der Waals surface area contributed by atoms with Crippen LogP contribution >= 0.6 is 0 Å². The van der Waals surface area contributed by atoms with Gasteiger partial charge in [-0.05, 0) is 25.1 Å². The van der Waals surface area contributed by atoms with Gasteiger partial charge in [-0.1, -0.05) is 18.2 Å². The van der Waals surface area contributed by atoms with Crippen LogP contribution in [0, 0.1) is 11.8 Å². The number of imide groups is 1. The van der Waals surface area contributed by atoms with E-state index < -0.39 is 35.4 Å². The van der Waals surface area contributed by atoms with E-state index in [4.69, 9.17) is 9.47 Å². The zero-order chi connectivity index (χ0) is 17.8. The van der Waals surface area contributed by atoms with Gasteiger partial charge in [0.1, 0.15) is 5.60 Å². The first-order chi connectivity index (χ1) is 12.0. The number of anilines is 1. The normalized spacial score (nSPS) is 32.4. The molecule has 0 aliphatic carbocycles. The molecule has 25 heavy (non-hydrogen) atoms. The van der Waals surface area contributed by atoms with E-state index in [0.29, 0.717) is 5.69 Å². The molecule has 2 saturated heterocycles. The van der Waals surface area contributed by atoms with E-state index in [1.165, 1.54) is 6.07 Å². The van der Waals surface area contributed by atoms with E-state index in [1.807, 2.05) is 0 Å². The molecule has 7 nitrogen and oxygen atoms in total. The van der Waals surface area contributed by atoms with Crippen LogP contribution in [0.5, 0.6) is 0 Å². The van der Waals surface area contributed by atoms with Gasteiger partial charge in [0.15, 0.2) is 0 Å². The summed E-state index contributed by atoms with van der Waals surface area (Å²) in [7, 11) is 0. The maximum atomic E-state index is 12.9. The van der Waals surface area contributed by atoms with E-state index in [9.17, 15) is 19.5 Å². The van der Waals surface area contributed by atoms with Crippen LogP contribution in [0.15, 0.2) is 36.4 Å². The fraction of sp³-hybridized carbons (Fsp3) is 0.389. The van der Waals surface area contributed by atoms with Crippen LogP contribution in [0.4, 0.5) is 5.69 Å². The van der Waals surface area contributed by atoms with E-state index >= 15 is 0 Å². The lowest BCUT2D eigenvalue weighted by molar-refractivity contribution is -0.128. The van der Waals surface area contributed by atoms with Gasteiger partial charge in [0, 0.05) is 0 Å². The van der Waals surface area contributed by atoms with Crippen LogP contribution in [0.3, 0.4) is 0 Å². The van der Waals surface area contributed by atoms with Crippen molar-refractivity contribution in [2.45, 2.75) is 18.6 Å². The van der Waals surface area contributed by atoms with Crippen molar-refractivity contribution in [1.82, 2.24) is 0 Å². The molecule has 130 valence electrons. The Morgan fingerprint density at radius 1 is 1.36 bits per heavy atom. The molecule has 1 aromatic carbocycles. The number of amides is 2. The number of ether oxygens (including phenoxy) is 2. The Morgan fingerprint density at radius 2 is 2.16 bits per heavy atom. The molecule has 1 aromatic rings. The number of nitrogens with zero attached hydrogens (tertiary/aromatic N) is 1. The molecule has 2 amide bonds. The van der Waals surface area contributed by atoms with Gasteiger partial charge in [-0.25, -0.2) is 9.69 Å². The van der Waals surface area contributed by atoms with Gasteiger partial charge in [-0.3, -0.25) is 9.59 Å². The second-order valence-electron chi connectivity index (χ2n) is 6.34. The second-order valence-corrected chi connectivity index (χ2v) is 6.34. The molecule has 3 aliphatic heterocycles. The number of hydrogen-bond acceptors (Lipinski definition) is 6. The molecule has 4 rings (SSSR count). The van der Waals surface area contributed by atoms with E-state index in [0.717, 1.165) is 4.90 Å². The molecule has 2 fully saturated rings. The van der Waals surface area contributed by atoms with Gasteiger partial charge in [-0.15, -0.1) is 0 Å². The molecule has 2 bridgehead atoms.